The highest BCUT2D eigenvalue weighted by Crippen LogP contribution is 1.76. The van der Waals surface area contributed by atoms with Gasteiger partial charge in [-0.2, -0.15) is 0 Å². The van der Waals surface area contributed by atoms with Crippen LogP contribution >= 0.6 is 0 Å². The van der Waals surface area contributed by atoms with Gasteiger partial charge in [-0.25, -0.2) is 9.59 Å². The Balaban J connectivity index is 3.21. The second-order valence-corrected chi connectivity index (χ2v) is 1.66. The Bertz CT molecular complexity index is 167. The number of ether oxygens (including phenoxy) is 1. The fraction of sp³-hybridized carbons (Fsp3) is 0.333. The molecule has 5 nitrogen and oxygen atoms in total. The summed E-state index contributed by atoms with van der Waals surface area (Å²) in [6.45, 7) is 3.51. The Morgan fingerprint density at radius 1 is 1.64 bits per heavy atom. The number of hydrogen-bond donors (Lipinski definition) is 2. The number of nitrogens with one attached hydrogen (secondary N) is 1. The van der Waals surface area contributed by atoms with Gasteiger partial charge in [-0.1, -0.05) is 6.58 Å². The minimum absolute atomic E-state index is 0.105. The normalized spacial score (nSPS) is 8.36. The molecule has 0 spiro atoms. The van der Waals surface area contributed by atoms with Crippen molar-refractivity contribution in [2.24, 2.45) is 5.73 Å². The average Bonchev–Trinajstić information content (AvgIpc) is 1.97. The topological polar surface area (TPSA) is 81.4 Å². The summed E-state index contributed by atoms with van der Waals surface area (Å²) in [5, 5.41) is 2.25. The molecule has 0 bridgehead atoms. The molecule has 0 heterocycles. The Labute approximate surface area is 64.2 Å². The Morgan fingerprint density at radius 2 is 2.27 bits per heavy atom. The lowest BCUT2D eigenvalue weighted by Crippen LogP contribution is -2.32. The molecule has 0 radical (unpaired) electrons. The summed E-state index contributed by atoms with van der Waals surface area (Å²) in [4.78, 5) is 20.4. The van der Waals surface area contributed by atoms with Crippen LogP contribution in [0.15, 0.2) is 12.7 Å². The lowest BCUT2D eigenvalue weighted by atomic mass is 10.6. The number of hydrogen-bond acceptors (Lipinski definition) is 3. The van der Waals surface area contributed by atoms with Gasteiger partial charge in [0.1, 0.15) is 6.61 Å². The van der Waals surface area contributed by atoms with E-state index < -0.39 is 12.0 Å². The zero-order valence-electron chi connectivity index (χ0n) is 6.00. The predicted molar refractivity (Wildman–Crippen MR) is 38.7 cm³/mol. The Hall–Kier alpha value is -1.52. The van der Waals surface area contributed by atoms with E-state index in [1.54, 1.807) is 0 Å². The van der Waals surface area contributed by atoms with Crippen LogP contribution in [0.2, 0.25) is 0 Å². The van der Waals surface area contributed by atoms with Gasteiger partial charge in [0.15, 0.2) is 0 Å². The highest BCUT2D eigenvalue weighted by Gasteiger charge is 1.94. The molecule has 0 unspecified atom stereocenters. The van der Waals surface area contributed by atoms with Crippen molar-refractivity contribution in [2.75, 3.05) is 13.2 Å². The third kappa shape index (κ3) is 6.36. The van der Waals surface area contributed by atoms with E-state index in [4.69, 9.17) is 5.73 Å². The summed E-state index contributed by atoms with van der Waals surface area (Å²) in [5.41, 5.74) is 4.73. The van der Waals surface area contributed by atoms with Gasteiger partial charge in [0.2, 0.25) is 0 Å². The molecular formula is C6H10N2O3. The van der Waals surface area contributed by atoms with Gasteiger partial charge in [0, 0.05) is 6.08 Å². The first-order valence-electron chi connectivity index (χ1n) is 2.99. The van der Waals surface area contributed by atoms with E-state index in [1.807, 2.05) is 0 Å². The zero-order chi connectivity index (χ0) is 8.69. The molecule has 0 aromatic carbocycles. The molecular weight excluding hydrogens is 148 g/mol. The second kappa shape index (κ2) is 5.28. The first kappa shape index (κ1) is 9.48. The van der Waals surface area contributed by atoms with Crippen LogP contribution < -0.4 is 11.1 Å². The summed E-state index contributed by atoms with van der Waals surface area (Å²) in [5.74, 6) is -0.517. The van der Waals surface area contributed by atoms with Gasteiger partial charge in [-0.05, 0) is 0 Å². The minimum atomic E-state index is -0.639. The van der Waals surface area contributed by atoms with Crippen molar-refractivity contribution in [1.29, 1.82) is 0 Å². The van der Waals surface area contributed by atoms with Crippen LogP contribution in [0, 0.1) is 0 Å². The van der Waals surface area contributed by atoms with Crippen LogP contribution in [0.25, 0.3) is 0 Å². The zero-order valence-corrected chi connectivity index (χ0v) is 6.00. The van der Waals surface area contributed by atoms with Gasteiger partial charge >= 0.3 is 12.0 Å². The molecule has 0 rings (SSSR count). The monoisotopic (exact) mass is 158 g/mol. The first-order valence-corrected chi connectivity index (χ1v) is 2.99. The fourth-order valence-corrected chi connectivity index (χ4v) is 0.385. The number of carbonyl (C=O) groups is 2. The van der Waals surface area contributed by atoms with E-state index in [0.717, 1.165) is 6.08 Å². The molecule has 0 fully saturated rings. The van der Waals surface area contributed by atoms with Gasteiger partial charge in [-0.15, -0.1) is 0 Å². The standard InChI is InChI=1S/C6H10N2O3/c1-2-5(9)11-4-3-8-6(7)10/h2H,1,3-4H2,(H3,7,8,10). The third-order valence-electron chi connectivity index (χ3n) is 0.812. The summed E-state index contributed by atoms with van der Waals surface area (Å²) in [7, 11) is 0. The maximum atomic E-state index is 10.4. The molecule has 3 N–H and O–H groups in total. The molecule has 5 heteroatoms. The molecule has 0 aliphatic heterocycles. The van der Waals surface area contributed by atoms with Crippen molar-refractivity contribution >= 4 is 12.0 Å². The van der Waals surface area contributed by atoms with Crippen molar-refractivity contribution < 1.29 is 14.3 Å². The van der Waals surface area contributed by atoms with Crippen LogP contribution in [-0.2, 0) is 9.53 Å². The summed E-state index contributed by atoms with van der Waals surface area (Å²) in [6, 6.07) is -0.639. The van der Waals surface area contributed by atoms with E-state index >= 15 is 0 Å². The fourth-order valence-electron chi connectivity index (χ4n) is 0.385. The van der Waals surface area contributed by atoms with Crippen molar-refractivity contribution in [1.82, 2.24) is 5.32 Å². The number of carbonyl (C=O) groups excluding carboxylic acids is 2. The summed E-state index contributed by atoms with van der Waals surface area (Å²) < 4.78 is 4.51. The van der Waals surface area contributed by atoms with E-state index in [0.29, 0.717) is 0 Å². The molecule has 0 aromatic rings. The quantitative estimate of drug-likeness (QED) is 0.325. The van der Waals surface area contributed by atoms with Crippen LogP contribution in [0.3, 0.4) is 0 Å². The average molecular weight is 158 g/mol. The molecule has 0 saturated carbocycles. The van der Waals surface area contributed by atoms with Crippen LogP contribution in [0.1, 0.15) is 0 Å². The van der Waals surface area contributed by atoms with Gasteiger partial charge in [0.05, 0.1) is 6.54 Å². The predicted octanol–water partition coefficient (Wildman–Crippen LogP) is -0.616. The Morgan fingerprint density at radius 3 is 2.73 bits per heavy atom. The number of amides is 2. The number of primary amides is 1. The van der Waals surface area contributed by atoms with Crippen LogP contribution in [-0.4, -0.2) is 25.2 Å². The van der Waals surface area contributed by atoms with Crippen LogP contribution in [0.5, 0.6) is 0 Å². The molecule has 62 valence electrons. The highest BCUT2D eigenvalue weighted by molar-refractivity contribution is 5.81. The van der Waals surface area contributed by atoms with Crippen molar-refractivity contribution in [2.45, 2.75) is 0 Å². The number of rotatable bonds is 4. The van der Waals surface area contributed by atoms with Crippen LogP contribution in [0.4, 0.5) is 4.79 Å². The van der Waals surface area contributed by atoms with E-state index in [9.17, 15) is 9.59 Å². The van der Waals surface area contributed by atoms with Crippen molar-refractivity contribution in [3.05, 3.63) is 12.7 Å². The molecule has 0 saturated heterocycles. The lowest BCUT2D eigenvalue weighted by Gasteiger charge is -2.01. The molecule has 11 heavy (non-hydrogen) atoms. The minimum Gasteiger partial charge on any atom is -0.461 e. The summed E-state index contributed by atoms with van der Waals surface area (Å²) in [6.07, 6.45) is 1.05. The van der Waals surface area contributed by atoms with Gasteiger partial charge < -0.3 is 15.8 Å². The third-order valence-corrected chi connectivity index (χ3v) is 0.812. The van der Waals surface area contributed by atoms with Gasteiger partial charge in [-0.3, -0.25) is 0 Å². The number of nitrogens with two attached hydrogens (primary N) is 1. The van der Waals surface area contributed by atoms with E-state index in [1.165, 1.54) is 0 Å². The maximum Gasteiger partial charge on any atom is 0.330 e. The Kier molecular flexibility index (Phi) is 4.55. The number of esters is 1. The first-order chi connectivity index (χ1) is 5.16. The molecule has 0 aromatic heterocycles. The van der Waals surface area contributed by atoms with E-state index in [-0.39, 0.29) is 13.2 Å². The molecule has 0 aliphatic carbocycles. The smallest absolute Gasteiger partial charge is 0.330 e. The van der Waals surface area contributed by atoms with Gasteiger partial charge in [0.25, 0.3) is 0 Å². The molecule has 0 atom stereocenters. The van der Waals surface area contributed by atoms with E-state index in [2.05, 4.69) is 16.6 Å². The summed E-state index contributed by atoms with van der Waals surface area (Å²) >= 11 is 0. The largest absolute Gasteiger partial charge is 0.461 e. The second-order valence-electron chi connectivity index (χ2n) is 1.66. The lowest BCUT2D eigenvalue weighted by molar-refractivity contribution is -0.137. The van der Waals surface area contributed by atoms with Crippen molar-refractivity contribution in [3.63, 3.8) is 0 Å². The molecule has 0 aliphatic rings. The highest BCUT2D eigenvalue weighted by atomic mass is 16.5. The van der Waals surface area contributed by atoms with Crippen molar-refractivity contribution in [3.8, 4) is 0 Å². The maximum absolute atomic E-state index is 10.4. The number of urea groups is 1. The molecule has 2 amide bonds. The SMILES string of the molecule is C=CC(=O)OCCNC(N)=O.